The molecule has 0 radical (unpaired) electrons. The Hall–Kier alpha value is -6.97. The Labute approximate surface area is 373 Å². The summed E-state index contributed by atoms with van der Waals surface area (Å²) in [6.07, 6.45) is 3.15. The summed E-state index contributed by atoms with van der Waals surface area (Å²) in [5, 5.41) is 70.7. The van der Waals surface area contributed by atoms with Crippen LogP contribution in [-0.4, -0.2) is 146 Å². The molecule has 20 nitrogen and oxygen atoms in total. The Morgan fingerprint density at radius 3 is 2.28 bits per heavy atom. The number of aliphatic hydroxyl groups excluding tert-OH is 4. The molecule has 2 fully saturated rings. The number of likely N-dealkylation sites (N-methyl/N-ethyl adjacent to an activating group) is 1. The van der Waals surface area contributed by atoms with Gasteiger partial charge in [0.15, 0.2) is 11.8 Å². The van der Waals surface area contributed by atoms with Crippen molar-refractivity contribution >= 4 is 64.4 Å². The molecule has 7 amide bonds. The molecule has 2 aliphatic rings. The highest BCUT2D eigenvalue weighted by molar-refractivity contribution is 6.05. The first-order chi connectivity index (χ1) is 30.9. The number of allylic oxidation sites excluding steroid dienone is 4. The number of carbonyl (C=O) groups excluding carboxylic acids is 7. The van der Waals surface area contributed by atoms with Crippen molar-refractivity contribution in [1.29, 1.82) is 0 Å². The van der Waals surface area contributed by atoms with Gasteiger partial charge in [0.05, 0.1) is 56.6 Å². The lowest BCUT2D eigenvalue weighted by Crippen LogP contribution is -2.63. The van der Waals surface area contributed by atoms with Crippen LogP contribution >= 0.6 is 0 Å². The number of rotatable bonds is 8. The predicted molar refractivity (Wildman–Crippen MR) is 236 cm³/mol. The van der Waals surface area contributed by atoms with E-state index >= 15 is 0 Å². The van der Waals surface area contributed by atoms with E-state index in [4.69, 9.17) is 0 Å². The van der Waals surface area contributed by atoms with Gasteiger partial charge < -0.3 is 67.3 Å². The van der Waals surface area contributed by atoms with Gasteiger partial charge in [0.1, 0.15) is 11.8 Å². The minimum atomic E-state index is -2.46. The molecular formula is C45H54N8O12. The summed E-state index contributed by atoms with van der Waals surface area (Å²) in [6.45, 7) is -0.323. The minimum Gasteiger partial charge on any atom is -0.391 e. The molecule has 0 aliphatic carbocycles. The molecule has 20 heteroatoms. The van der Waals surface area contributed by atoms with Crippen molar-refractivity contribution in [2.75, 3.05) is 26.7 Å². The van der Waals surface area contributed by atoms with Gasteiger partial charge in [-0.15, -0.1) is 0 Å². The monoisotopic (exact) mass is 898 g/mol. The number of aromatic amines is 1. The second-order valence-electron chi connectivity index (χ2n) is 15.8. The molecule has 346 valence electrons. The zero-order valence-electron chi connectivity index (χ0n) is 35.6. The van der Waals surface area contributed by atoms with Crippen LogP contribution in [0.2, 0.25) is 0 Å². The first kappa shape index (κ1) is 49.1. The molecular weight excluding hydrogens is 845 g/mol. The van der Waals surface area contributed by atoms with Gasteiger partial charge in [0.25, 0.3) is 11.8 Å². The number of aromatic nitrogens is 1. The van der Waals surface area contributed by atoms with Crippen molar-refractivity contribution in [3.05, 3.63) is 108 Å². The van der Waals surface area contributed by atoms with Crippen LogP contribution in [0.4, 0.5) is 0 Å². The number of hydrogen-bond acceptors (Lipinski definition) is 12. The van der Waals surface area contributed by atoms with E-state index in [1.165, 1.54) is 26.1 Å². The van der Waals surface area contributed by atoms with Crippen LogP contribution in [0.15, 0.2) is 96.9 Å². The third-order valence-electron chi connectivity index (χ3n) is 10.7. The van der Waals surface area contributed by atoms with Crippen LogP contribution in [-0.2, 0) is 33.6 Å². The summed E-state index contributed by atoms with van der Waals surface area (Å²) in [4.78, 5) is 96.4. The normalized spacial score (nSPS) is 26.0. The number of amides is 7. The van der Waals surface area contributed by atoms with Crippen LogP contribution in [0.1, 0.15) is 37.3 Å². The van der Waals surface area contributed by atoms with Gasteiger partial charge in [0, 0.05) is 42.2 Å². The van der Waals surface area contributed by atoms with Gasteiger partial charge in [-0.3, -0.25) is 33.6 Å². The maximum absolute atomic E-state index is 13.6. The van der Waals surface area contributed by atoms with Gasteiger partial charge >= 0.3 is 0 Å². The molecule has 65 heavy (non-hydrogen) atoms. The average Bonchev–Trinajstić information content (AvgIpc) is 3.81. The molecule has 0 bridgehead atoms. The first-order valence-electron chi connectivity index (χ1n) is 20.7. The minimum absolute atomic E-state index is 0.317. The molecule has 1 aromatic heterocycles. The molecule has 5 rings (SSSR count). The lowest BCUT2D eigenvalue weighted by molar-refractivity contribution is -0.145. The Balaban J connectivity index is 1.36. The van der Waals surface area contributed by atoms with Gasteiger partial charge in [-0.25, -0.2) is 0 Å². The predicted octanol–water partition coefficient (Wildman–Crippen LogP) is -1.81. The van der Waals surface area contributed by atoms with Crippen molar-refractivity contribution < 1.29 is 59.1 Å². The van der Waals surface area contributed by atoms with Gasteiger partial charge in [-0.05, 0) is 17.7 Å². The zero-order chi connectivity index (χ0) is 47.3. The average molecular weight is 899 g/mol. The second-order valence-corrected chi connectivity index (χ2v) is 15.8. The number of H-pyrrole nitrogens is 1. The SMILES string of the molecule is CC(C=CC=CC=Cc1ccccc1)C(O)C(O)C1NC(=O)CC(O)CNC(=O)CNC(=O)C(=Cc2c[nH]c3ccccc23)NC(=O)CN(C)C(=O)CC2(O)NC(=O)CC2NC(=O)C1O. The number of fused-ring (bicyclic) bond motifs is 2. The molecule has 0 saturated carbocycles. The lowest BCUT2D eigenvalue weighted by atomic mass is 9.91. The lowest BCUT2D eigenvalue weighted by Gasteiger charge is -2.34. The summed E-state index contributed by atoms with van der Waals surface area (Å²) >= 11 is 0. The summed E-state index contributed by atoms with van der Waals surface area (Å²) in [7, 11) is 1.21. The fraction of sp³-hybridized carbons (Fsp3) is 0.356. The van der Waals surface area contributed by atoms with E-state index in [2.05, 4.69) is 36.9 Å². The number of carbonyl (C=O) groups is 7. The number of hydrogen-bond donors (Lipinski definition) is 12. The summed E-state index contributed by atoms with van der Waals surface area (Å²) in [6, 6.07) is 13.1. The smallest absolute Gasteiger partial charge is 0.268 e. The summed E-state index contributed by atoms with van der Waals surface area (Å²) in [5.74, 6) is -7.50. The molecule has 0 spiro atoms. The van der Waals surface area contributed by atoms with Crippen LogP contribution < -0.4 is 31.9 Å². The summed E-state index contributed by atoms with van der Waals surface area (Å²) < 4.78 is 0. The molecule has 8 unspecified atom stereocenters. The zero-order valence-corrected chi connectivity index (χ0v) is 35.6. The quantitative estimate of drug-likeness (QED) is 0.0881. The molecule has 2 saturated heterocycles. The molecule has 3 aromatic rings. The third kappa shape index (κ3) is 13.8. The van der Waals surface area contributed by atoms with Crippen molar-refractivity contribution in [2.24, 2.45) is 5.92 Å². The fourth-order valence-electron chi connectivity index (χ4n) is 7.05. The largest absolute Gasteiger partial charge is 0.391 e. The van der Waals surface area contributed by atoms with Crippen LogP contribution in [0.25, 0.3) is 23.1 Å². The number of β-amino-alcohol motifs (C(OH)–C–C–N with tert-alkyl or cyclic N) is 1. The number of benzene rings is 2. The van der Waals surface area contributed by atoms with Crippen LogP contribution in [0, 0.1) is 5.92 Å². The molecule has 2 aromatic carbocycles. The highest BCUT2D eigenvalue weighted by atomic mass is 16.3. The summed E-state index contributed by atoms with van der Waals surface area (Å²) in [5.41, 5.74) is -0.602. The number of nitrogens with zero attached hydrogens (tertiary/aromatic N) is 1. The topological polar surface area (TPSA) is 312 Å². The van der Waals surface area contributed by atoms with E-state index in [9.17, 15) is 59.1 Å². The first-order valence-corrected chi connectivity index (χ1v) is 20.7. The third-order valence-corrected chi connectivity index (χ3v) is 10.7. The standard InChI is InChI=1S/C45H54N8O12/c1-26(12-6-3-4-7-13-27-14-8-5-9-15-27)40(60)41(61)39-42(62)44(64)50-33-20-35(56)52-45(33,65)21-38(59)53(2)25-37(58)49-32(18-28-22-46-31-17-11-10-16-30(28)31)43(63)48-24-36(57)47-23-29(54)19-34(55)51-39/h3-18,22,26,29,33,39-42,46,54,60-62,65H,19-21,23-25H2,1-2H3,(H,47,57)(H,48,63)(H,49,58)(H,50,64)(H,51,55)(H,52,56). The molecule has 12 N–H and O–H groups in total. The Morgan fingerprint density at radius 2 is 1.52 bits per heavy atom. The Bertz CT molecular complexity index is 2350. The van der Waals surface area contributed by atoms with Gasteiger partial charge in [-0.1, -0.05) is 91.9 Å². The molecule has 2 aliphatic heterocycles. The Kier molecular flexibility index (Phi) is 17.0. The van der Waals surface area contributed by atoms with E-state index < -0.39 is 128 Å². The van der Waals surface area contributed by atoms with Gasteiger partial charge in [-0.2, -0.15) is 0 Å². The van der Waals surface area contributed by atoms with Crippen LogP contribution in [0.3, 0.4) is 0 Å². The second kappa shape index (κ2) is 22.6. The maximum Gasteiger partial charge on any atom is 0.268 e. The van der Waals surface area contributed by atoms with Crippen LogP contribution in [0.5, 0.6) is 0 Å². The number of nitrogens with one attached hydrogen (secondary N) is 7. The highest BCUT2D eigenvalue weighted by Gasteiger charge is 2.49. The maximum atomic E-state index is 13.6. The van der Waals surface area contributed by atoms with Gasteiger partial charge in [0.2, 0.25) is 29.5 Å². The fourth-order valence-corrected chi connectivity index (χ4v) is 7.05. The van der Waals surface area contributed by atoms with Crippen molar-refractivity contribution in [1.82, 2.24) is 41.8 Å². The Morgan fingerprint density at radius 1 is 0.815 bits per heavy atom. The molecule has 8 atom stereocenters. The van der Waals surface area contributed by atoms with Crippen molar-refractivity contribution in [3.8, 4) is 0 Å². The van der Waals surface area contributed by atoms with Crippen molar-refractivity contribution in [2.45, 2.75) is 68.4 Å². The van der Waals surface area contributed by atoms with E-state index in [0.717, 1.165) is 16.0 Å². The van der Waals surface area contributed by atoms with E-state index in [-0.39, 0.29) is 5.70 Å². The van der Waals surface area contributed by atoms with Crippen molar-refractivity contribution in [3.63, 3.8) is 0 Å². The molecule has 3 heterocycles. The van der Waals surface area contributed by atoms with E-state index in [1.807, 2.05) is 36.4 Å². The van der Waals surface area contributed by atoms with E-state index in [1.54, 1.807) is 54.8 Å². The number of aliphatic hydroxyl groups is 5. The van der Waals surface area contributed by atoms with E-state index in [0.29, 0.717) is 10.9 Å². The number of para-hydroxylation sites is 1. The highest BCUT2D eigenvalue weighted by Crippen LogP contribution is 2.24.